The highest BCUT2D eigenvalue weighted by Gasteiger charge is 2.72. The monoisotopic (exact) mass is 1270 g/mol. The highest BCUT2D eigenvalue weighted by atomic mass is 127. The van der Waals surface area contributed by atoms with Crippen molar-refractivity contribution in [3.8, 4) is 0 Å². The first-order valence-corrected chi connectivity index (χ1v) is 30.7. The van der Waals surface area contributed by atoms with E-state index in [0.29, 0.717) is 63.5 Å². The standard InChI is InChI=1S/C60H89IN2O19/c1-30-48(80-51-46(73)43(70)35(66)28-77-51)45(72)47(74)52(78-30)81-49-44(71)42(63-41(69)11-9-8-10-24-62-50(75)31-12-14-32(61)15-13-31)36(27-64)79-53(49)82-54(76)60-23-22-55(2,3)25-34(60)33-16-17-38-56(4)20-19-39(67)57(5,29-65)37(56)18-21-58(38,6)59(33,7)26-40(60)68/h12-16,29-30,34-40,42-49,51-53,64,66-68,70-74H,8-11,17-28H2,1-7H3,(H,62,75)(H,63,69)/t30?,34?,35-,36?,37-,38?,39+,40-,42+,43?,44?,45?,46?,47?,48+,49?,51+,52+,53+,56?,57?,58?,59?,60-/m1/s1. The number of benzene rings is 1. The third kappa shape index (κ3) is 11.3. The van der Waals surface area contributed by atoms with Gasteiger partial charge in [0.25, 0.3) is 5.91 Å². The number of aliphatic hydroxyl groups is 9. The van der Waals surface area contributed by atoms with E-state index >= 15 is 4.79 Å². The van der Waals surface area contributed by atoms with Crippen molar-refractivity contribution in [2.75, 3.05) is 19.8 Å². The summed E-state index contributed by atoms with van der Waals surface area (Å²) >= 11 is 2.16. The molecule has 4 saturated carbocycles. The average molecular weight is 1270 g/mol. The summed E-state index contributed by atoms with van der Waals surface area (Å²) in [7, 11) is 0. The molecule has 1 aromatic rings. The van der Waals surface area contributed by atoms with E-state index in [-0.39, 0.29) is 53.3 Å². The first kappa shape index (κ1) is 63.7. The molecule has 460 valence electrons. The zero-order chi connectivity index (χ0) is 59.6. The number of rotatable bonds is 16. The number of nitrogens with one attached hydrogen (secondary N) is 2. The van der Waals surface area contributed by atoms with Gasteiger partial charge in [0.2, 0.25) is 12.2 Å². The lowest BCUT2D eigenvalue weighted by atomic mass is 9.33. The minimum Gasteiger partial charge on any atom is -0.432 e. The van der Waals surface area contributed by atoms with Gasteiger partial charge in [0.15, 0.2) is 18.7 Å². The summed E-state index contributed by atoms with van der Waals surface area (Å²) in [5.41, 5.74) is -2.41. The Hall–Kier alpha value is -2.79. The summed E-state index contributed by atoms with van der Waals surface area (Å²) in [5.74, 6) is -2.06. The normalized spacial score (nSPS) is 46.1. The maximum absolute atomic E-state index is 15.7. The number of amides is 2. The van der Waals surface area contributed by atoms with Gasteiger partial charge in [0.05, 0.1) is 43.0 Å². The van der Waals surface area contributed by atoms with E-state index < -0.39 is 145 Å². The fourth-order valence-electron chi connectivity index (χ4n) is 16.6. The highest BCUT2D eigenvalue weighted by Crippen LogP contribution is 2.76. The number of hydrogen-bond donors (Lipinski definition) is 11. The molecule has 8 aliphatic rings. The fourth-order valence-corrected chi connectivity index (χ4v) is 16.9. The molecule has 0 bridgehead atoms. The van der Waals surface area contributed by atoms with Gasteiger partial charge in [0.1, 0.15) is 60.5 Å². The number of ether oxygens (including phenoxy) is 6. The number of carbonyl (C=O) groups excluding carboxylic acids is 4. The molecule has 3 heterocycles. The Morgan fingerprint density at radius 1 is 0.756 bits per heavy atom. The van der Waals surface area contributed by atoms with Crippen molar-refractivity contribution in [1.29, 1.82) is 0 Å². The molecule has 7 fully saturated rings. The van der Waals surface area contributed by atoms with Gasteiger partial charge < -0.3 is 89.8 Å². The van der Waals surface area contributed by atoms with Crippen LogP contribution < -0.4 is 10.6 Å². The molecule has 0 aromatic heterocycles. The summed E-state index contributed by atoms with van der Waals surface area (Å²) < 4.78 is 37.5. The van der Waals surface area contributed by atoms with Crippen molar-refractivity contribution in [2.24, 2.45) is 50.2 Å². The van der Waals surface area contributed by atoms with E-state index in [0.717, 1.165) is 28.3 Å². The van der Waals surface area contributed by atoms with Crippen molar-refractivity contribution in [3.63, 3.8) is 0 Å². The second kappa shape index (κ2) is 24.4. The number of aliphatic hydroxyl groups excluding tert-OH is 9. The SMILES string of the molecule is CC1O[C@@H](OC2C(O)[C@@H](NC(=O)CCCCCNC(=O)c3ccc(I)cc3)C(CO)O[C@H]2OC(=O)[C@]23CCC(C)(C)CC2C2=CCC4C5(C)CC[C@H](O)C(C)(C=O)[C@@H]5CCC4(C)C2(C)C[C@H]3O)C(O)C(O)[C@H]1O[C@@H]1OC[C@@H](O)C(O)C1O. The Balaban J connectivity index is 0.963. The second-order valence-corrected chi connectivity index (χ2v) is 28.2. The van der Waals surface area contributed by atoms with Crippen LogP contribution >= 0.6 is 22.6 Å². The van der Waals surface area contributed by atoms with E-state index in [1.54, 1.807) is 12.1 Å². The molecule has 22 heteroatoms. The van der Waals surface area contributed by atoms with E-state index in [1.807, 2.05) is 19.1 Å². The van der Waals surface area contributed by atoms with Crippen LogP contribution in [0.3, 0.4) is 0 Å². The van der Waals surface area contributed by atoms with E-state index in [4.69, 9.17) is 28.4 Å². The van der Waals surface area contributed by atoms with Crippen LogP contribution in [0.15, 0.2) is 35.9 Å². The molecule has 5 aliphatic carbocycles. The summed E-state index contributed by atoms with van der Waals surface area (Å²) in [5, 5.41) is 107. The van der Waals surface area contributed by atoms with Crippen LogP contribution in [0, 0.1) is 53.8 Å². The van der Waals surface area contributed by atoms with Crippen LogP contribution in [0.4, 0.5) is 0 Å². The Kier molecular flexibility index (Phi) is 19.0. The van der Waals surface area contributed by atoms with Crippen molar-refractivity contribution in [2.45, 2.75) is 230 Å². The molecular weight excluding hydrogens is 1180 g/mol. The summed E-state index contributed by atoms with van der Waals surface area (Å²) in [6.07, 6.45) is -13.8. The average Bonchev–Trinajstić information content (AvgIpc) is 3.61. The van der Waals surface area contributed by atoms with Gasteiger partial charge in [-0.1, -0.05) is 59.6 Å². The zero-order valence-electron chi connectivity index (χ0n) is 48.2. The van der Waals surface area contributed by atoms with Crippen LogP contribution in [-0.2, 0) is 42.8 Å². The largest absolute Gasteiger partial charge is 0.432 e. The number of halogens is 1. The van der Waals surface area contributed by atoms with Gasteiger partial charge in [-0.05, 0) is 164 Å². The molecule has 21 nitrogen and oxygen atoms in total. The quantitative estimate of drug-likeness (QED) is 0.0373. The molecule has 3 saturated heterocycles. The van der Waals surface area contributed by atoms with Gasteiger partial charge >= 0.3 is 5.97 Å². The molecule has 3 aliphatic heterocycles. The summed E-state index contributed by atoms with van der Waals surface area (Å²) in [6.45, 7) is 13.6. The number of unbranched alkanes of at least 4 members (excludes halogenated alkanes) is 2. The molecule has 24 atom stereocenters. The van der Waals surface area contributed by atoms with Gasteiger partial charge in [-0.15, -0.1) is 0 Å². The van der Waals surface area contributed by atoms with Gasteiger partial charge in [0, 0.05) is 22.1 Å². The summed E-state index contributed by atoms with van der Waals surface area (Å²) in [6, 6.07) is 5.76. The molecule has 11 N–H and O–H groups in total. The predicted molar refractivity (Wildman–Crippen MR) is 300 cm³/mol. The van der Waals surface area contributed by atoms with Crippen LogP contribution in [0.25, 0.3) is 0 Å². The molecular formula is C60H89IN2O19. The first-order valence-electron chi connectivity index (χ1n) is 29.6. The maximum atomic E-state index is 15.7. The molecule has 1 aromatic carbocycles. The molecule has 9 rings (SSSR count). The summed E-state index contributed by atoms with van der Waals surface area (Å²) in [4.78, 5) is 54.8. The Bertz CT molecular complexity index is 2510. The molecule has 2 amide bonds. The van der Waals surface area contributed by atoms with Crippen LogP contribution in [0.5, 0.6) is 0 Å². The van der Waals surface area contributed by atoms with E-state index in [1.165, 1.54) is 6.92 Å². The van der Waals surface area contributed by atoms with Crippen molar-refractivity contribution < 1.29 is 93.6 Å². The van der Waals surface area contributed by atoms with E-state index in [2.05, 4.69) is 73.9 Å². The smallest absolute Gasteiger partial charge is 0.317 e. The minimum atomic E-state index is -1.96. The second-order valence-electron chi connectivity index (χ2n) is 26.9. The number of carbonyl (C=O) groups is 4. The van der Waals surface area contributed by atoms with E-state index in [9.17, 15) is 60.3 Å². The molecule has 14 unspecified atom stereocenters. The number of esters is 1. The minimum absolute atomic E-state index is 0.0188. The Morgan fingerprint density at radius 3 is 2.15 bits per heavy atom. The topological polar surface area (TPSA) is 330 Å². The van der Waals surface area contributed by atoms with Gasteiger partial charge in [-0.3, -0.25) is 14.4 Å². The van der Waals surface area contributed by atoms with Crippen LogP contribution in [-0.4, -0.2) is 188 Å². The number of hydrogen-bond acceptors (Lipinski definition) is 19. The fraction of sp³-hybridized carbons (Fsp3) is 0.800. The predicted octanol–water partition coefficient (Wildman–Crippen LogP) is 2.68. The van der Waals surface area contributed by atoms with Crippen LogP contribution in [0.2, 0.25) is 0 Å². The van der Waals surface area contributed by atoms with Crippen molar-refractivity contribution in [1.82, 2.24) is 10.6 Å². The molecule has 0 spiro atoms. The van der Waals surface area contributed by atoms with Crippen molar-refractivity contribution >= 4 is 46.7 Å². The maximum Gasteiger partial charge on any atom is 0.317 e. The van der Waals surface area contributed by atoms with Gasteiger partial charge in [-0.2, -0.15) is 0 Å². The van der Waals surface area contributed by atoms with Crippen LogP contribution in [0.1, 0.15) is 142 Å². The number of fused-ring (bicyclic) bond motifs is 7. The molecule has 82 heavy (non-hydrogen) atoms. The third-order valence-electron chi connectivity index (χ3n) is 21.7. The van der Waals surface area contributed by atoms with Crippen molar-refractivity contribution in [3.05, 3.63) is 45.0 Å². The lowest BCUT2D eigenvalue weighted by Gasteiger charge is -2.71. The van der Waals surface area contributed by atoms with Gasteiger partial charge in [-0.25, -0.2) is 0 Å². The third-order valence-corrected chi connectivity index (χ3v) is 22.4. The highest BCUT2D eigenvalue weighted by molar-refractivity contribution is 14.1. The number of allylic oxidation sites excluding steroid dienone is 2. The Labute approximate surface area is 493 Å². The lowest BCUT2D eigenvalue weighted by Crippen LogP contribution is -2.69. The molecule has 0 radical (unpaired) electrons. The lowest BCUT2D eigenvalue weighted by molar-refractivity contribution is -0.370. The number of aldehydes is 1. The first-order chi connectivity index (χ1) is 38.6. The zero-order valence-corrected chi connectivity index (χ0v) is 50.4. The Morgan fingerprint density at radius 2 is 1.45 bits per heavy atom.